The number of carbonyl (C=O) groups is 1. The summed E-state index contributed by atoms with van der Waals surface area (Å²) in [5.74, 6) is 0.0758. The van der Waals surface area contributed by atoms with E-state index < -0.39 is 0 Å². The zero-order valence-electron chi connectivity index (χ0n) is 14.1. The van der Waals surface area contributed by atoms with E-state index in [2.05, 4.69) is 11.4 Å². The molecule has 0 spiro atoms. The van der Waals surface area contributed by atoms with E-state index in [0.717, 1.165) is 31.2 Å². The Hall–Kier alpha value is -1.74. The highest BCUT2D eigenvalue weighted by atomic mass is 35.5. The summed E-state index contributed by atoms with van der Waals surface area (Å²) in [6, 6.07) is 7.09. The molecule has 1 amide bonds. The van der Waals surface area contributed by atoms with Crippen molar-refractivity contribution in [1.82, 2.24) is 0 Å². The summed E-state index contributed by atoms with van der Waals surface area (Å²) in [6.45, 7) is -0.186. The Morgan fingerprint density at radius 3 is 2.73 bits per heavy atom. The lowest BCUT2D eigenvalue weighted by Crippen LogP contribution is -2.20. The second kappa shape index (κ2) is 8.77. The third kappa shape index (κ3) is 4.50. The minimum absolute atomic E-state index is 0.186. The summed E-state index contributed by atoms with van der Waals surface area (Å²) in [6.07, 6.45) is 6.50. The fourth-order valence-electron chi connectivity index (χ4n) is 3.02. The quantitative estimate of drug-likeness (QED) is 0.715. The summed E-state index contributed by atoms with van der Waals surface area (Å²) < 4.78 is 5.46. The molecule has 0 saturated heterocycles. The molecule has 3 rings (SSSR count). The van der Waals surface area contributed by atoms with Crippen molar-refractivity contribution in [2.24, 2.45) is 0 Å². The van der Waals surface area contributed by atoms with Crippen LogP contribution in [-0.4, -0.2) is 12.5 Å². The van der Waals surface area contributed by atoms with Crippen molar-refractivity contribution in [2.75, 3.05) is 11.9 Å². The molecule has 1 aromatic carbocycles. The Bertz CT molecular complexity index is 858. The number of fused-ring (bicyclic) bond motifs is 1. The molecule has 7 heteroatoms. The minimum Gasteiger partial charge on any atom is -0.482 e. The standard InChI is InChI=1S/C19H18Cl2N2O2S/c20-12-7-8-16(15(21)9-12)25-11-18(24)23-19-14(10-22)13-5-3-1-2-4-6-17(13)26-19/h7-9H,1-6,11H2,(H,23,24). The Morgan fingerprint density at radius 1 is 1.23 bits per heavy atom. The van der Waals surface area contributed by atoms with Gasteiger partial charge in [0.25, 0.3) is 5.91 Å². The summed E-state index contributed by atoms with van der Waals surface area (Å²) >= 11 is 13.4. The molecular formula is C19H18Cl2N2O2S. The fourth-order valence-corrected chi connectivity index (χ4v) is 4.74. The fraction of sp³-hybridized carbons (Fsp3) is 0.368. The maximum absolute atomic E-state index is 12.3. The van der Waals surface area contributed by atoms with Crippen molar-refractivity contribution in [3.63, 3.8) is 0 Å². The monoisotopic (exact) mass is 408 g/mol. The van der Waals surface area contributed by atoms with E-state index >= 15 is 0 Å². The molecule has 0 aliphatic heterocycles. The lowest BCUT2D eigenvalue weighted by atomic mass is 9.97. The van der Waals surface area contributed by atoms with Gasteiger partial charge in [0.1, 0.15) is 16.8 Å². The number of nitrogens with zero attached hydrogens (tertiary/aromatic N) is 1. The van der Waals surface area contributed by atoms with Crippen LogP contribution in [0.3, 0.4) is 0 Å². The van der Waals surface area contributed by atoms with Crippen molar-refractivity contribution in [3.05, 3.63) is 44.2 Å². The Morgan fingerprint density at radius 2 is 2.00 bits per heavy atom. The number of anilines is 1. The van der Waals surface area contributed by atoms with Gasteiger partial charge in [-0.1, -0.05) is 36.0 Å². The number of rotatable bonds is 4. The first-order valence-electron chi connectivity index (χ1n) is 8.51. The van der Waals surface area contributed by atoms with Crippen molar-refractivity contribution in [2.45, 2.75) is 38.5 Å². The van der Waals surface area contributed by atoms with E-state index in [4.69, 9.17) is 27.9 Å². The zero-order valence-corrected chi connectivity index (χ0v) is 16.4. The highest BCUT2D eigenvalue weighted by Gasteiger charge is 2.20. The molecule has 4 nitrogen and oxygen atoms in total. The number of ether oxygens (including phenoxy) is 1. The van der Waals surface area contributed by atoms with E-state index in [9.17, 15) is 10.1 Å². The first-order chi connectivity index (χ1) is 12.6. The number of aryl methyl sites for hydroxylation is 1. The van der Waals surface area contributed by atoms with Crippen LogP contribution in [-0.2, 0) is 17.6 Å². The smallest absolute Gasteiger partial charge is 0.262 e. The largest absolute Gasteiger partial charge is 0.482 e. The maximum Gasteiger partial charge on any atom is 0.262 e. The van der Waals surface area contributed by atoms with Crippen LogP contribution in [0.15, 0.2) is 18.2 Å². The molecule has 0 fully saturated rings. The molecule has 0 atom stereocenters. The number of carbonyl (C=O) groups excluding carboxylic acids is 1. The van der Waals surface area contributed by atoms with Gasteiger partial charge in [0, 0.05) is 9.90 Å². The Kier molecular flexibility index (Phi) is 6.42. The van der Waals surface area contributed by atoms with Gasteiger partial charge in [-0.2, -0.15) is 5.26 Å². The third-order valence-corrected chi connectivity index (χ3v) is 6.03. The van der Waals surface area contributed by atoms with Gasteiger partial charge in [0.15, 0.2) is 6.61 Å². The summed E-state index contributed by atoms with van der Waals surface area (Å²) in [5, 5.41) is 13.8. The minimum atomic E-state index is -0.318. The lowest BCUT2D eigenvalue weighted by molar-refractivity contribution is -0.118. The van der Waals surface area contributed by atoms with Gasteiger partial charge in [0.2, 0.25) is 0 Å². The second-order valence-corrected chi connectivity index (χ2v) is 8.09. The molecule has 0 radical (unpaired) electrons. The molecule has 1 heterocycles. The van der Waals surface area contributed by atoms with Crippen LogP contribution in [0.2, 0.25) is 10.0 Å². The van der Waals surface area contributed by atoms with Crippen LogP contribution in [0.25, 0.3) is 0 Å². The molecule has 0 unspecified atom stereocenters. The third-order valence-electron chi connectivity index (χ3n) is 4.29. The first kappa shape index (κ1) is 19.0. The van der Waals surface area contributed by atoms with E-state index in [1.165, 1.54) is 29.1 Å². The van der Waals surface area contributed by atoms with Crippen LogP contribution < -0.4 is 10.1 Å². The molecule has 1 aliphatic carbocycles. The molecule has 2 aromatic rings. The van der Waals surface area contributed by atoms with Gasteiger partial charge in [-0.3, -0.25) is 4.79 Å². The van der Waals surface area contributed by atoms with Crippen LogP contribution in [0.1, 0.15) is 41.7 Å². The number of thiophene rings is 1. The number of hydrogen-bond donors (Lipinski definition) is 1. The average Bonchev–Trinajstić information content (AvgIpc) is 2.89. The molecule has 1 N–H and O–H groups in total. The van der Waals surface area contributed by atoms with Crippen LogP contribution >= 0.6 is 34.5 Å². The average molecular weight is 409 g/mol. The predicted octanol–water partition coefficient (Wildman–Crippen LogP) is 5.60. The number of nitrogens with one attached hydrogen (secondary N) is 1. The summed E-state index contributed by atoms with van der Waals surface area (Å²) in [4.78, 5) is 13.5. The molecule has 136 valence electrons. The highest BCUT2D eigenvalue weighted by Crippen LogP contribution is 2.36. The maximum atomic E-state index is 12.3. The Balaban J connectivity index is 1.69. The van der Waals surface area contributed by atoms with Crippen molar-refractivity contribution in [1.29, 1.82) is 5.26 Å². The summed E-state index contributed by atoms with van der Waals surface area (Å²) in [5.41, 5.74) is 1.71. The topological polar surface area (TPSA) is 62.1 Å². The van der Waals surface area contributed by atoms with Crippen LogP contribution in [0, 0.1) is 11.3 Å². The first-order valence-corrected chi connectivity index (χ1v) is 10.1. The molecular weight excluding hydrogens is 391 g/mol. The SMILES string of the molecule is N#Cc1c(NC(=O)COc2ccc(Cl)cc2Cl)sc2c1CCCCCC2. The predicted molar refractivity (Wildman–Crippen MR) is 105 cm³/mol. The van der Waals surface area contributed by atoms with Gasteiger partial charge < -0.3 is 10.1 Å². The second-order valence-electron chi connectivity index (χ2n) is 6.15. The van der Waals surface area contributed by atoms with Gasteiger partial charge in [0.05, 0.1) is 10.6 Å². The molecule has 26 heavy (non-hydrogen) atoms. The van der Waals surface area contributed by atoms with Crippen LogP contribution in [0.4, 0.5) is 5.00 Å². The van der Waals surface area contributed by atoms with Crippen molar-refractivity contribution < 1.29 is 9.53 Å². The number of benzene rings is 1. The molecule has 0 bridgehead atoms. The molecule has 1 aliphatic rings. The number of halogens is 2. The normalized spacial score (nSPS) is 13.9. The van der Waals surface area contributed by atoms with E-state index in [0.29, 0.717) is 26.4 Å². The number of amides is 1. The number of nitriles is 1. The van der Waals surface area contributed by atoms with Crippen molar-refractivity contribution >= 4 is 45.4 Å². The lowest BCUT2D eigenvalue weighted by Gasteiger charge is -2.09. The van der Waals surface area contributed by atoms with E-state index in [1.54, 1.807) is 18.2 Å². The van der Waals surface area contributed by atoms with Gasteiger partial charge in [-0.25, -0.2) is 0 Å². The highest BCUT2D eigenvalue weighted by molar-refractivity contribution is 7.16. The Labute approximate surface area is 166 Å². The van der Waals surface area contributed by atoms with E-state index in [1.807, 2.05) is 0 Å². The van der Waals surface area contributed by atoms with Gasteiger partial charge >= 0.3 is 0 Å². The molecule has 1 aromatic heterocycles. The zero-order chi connectivity index (χ0) is 18.5. The van der Waals surface area contributed by atoms with Gasteiger partial charge in [-0.15, -0.1) is 11.3 Å². The van der Waals surface area contributed by atoms with Gasteiger partial charge in [-0.05, 0) is 49.4 Å². The van der Waals surface area contributed by atoms with Crippen molar-refractivity contribution in [3.8, 4) is 11.8 Å². The molecule has 0 saturated carbocycles. The van der Waals surface area contributed by atoms with E-state index in [-0.39, 0.29) is 12.5 Å². The van der Waals surface area contributed by atoms with Crippen LogP contribution in [0.5, 0.6) is 5.75 Å². The summed E-state index contributed by atoms with van der Waals surface area (Å²) in [7, 11) is 0. The number of hydrogen-bond acceptors (Lipinski definition) is 4.